The Morgan fingerprint density at radius 2 is 1.02 bits per heavy atom. The van der Waals surface area contributed by atoms with Gasteiger partial charge in [0.05, 0.1) is 28.2 Å². The fourth-order valence-electron chi connectivity index (χ4n) is 8.47. The molecule has 0 aliphatic rings. The van der Waals surface area contributed by atoms with Gasteiger partial charge in [0, 0.05) is 33.6 Å². The van der Waals surface area contributed by atoms with Gasteiger partial charge in [-0.2, -0.15) is 5.26 Å². The van der Waals surface area contributed by atoms with Gasteiger partial charge in [0.15, 0.2) is 0 Å². The van der Waals surface area contributed by atoms with Gasteiger partial charge < -0.3 is 4.57 Å². The van der Waals surface area contributed by atoms with Crippen LogP contribution in [-0.2, 0) is 0 Å². The van der Waals surface area contributed by atoms with Gasteiger partial charge in [0.2, 0.25) is 0 Å². The number of nitrogens with zero attached hydrogens (tertiary/aromatic N) is 3. The van der Waals surface area contributed by atoms with Crippen LogP contribution in [0.5, 0.6) is 0 Å². The van der Waals surface area contributed by atoms with E-state index in [1.165, 1.54) is 60.0 Å². The summed E-state index contributed by atoms with van der Waals surface area (Å²) in [7, 11) is 0. The number of pyridine rings is 1. The van der Waals surface area contributed by atoms with E-state index in [0.717, 1.165) is 44.1 Å². The summed E-state index contributed by atoms with van der Waals surface area (Å²) < 4.78 is 2.28. The SMILES string of the molecule is N#Cc1ccc2c3ccc(-c4cc5ccc6cc(-c7ccc(-c8cccc9cccnc89)cc7)cc7ccc(c4)c5c67)cc3n(-c3ccccc3)c2c1. The Balaban J connectivity index is 1.01. The molecule has 0 saturated carbocycles. The van der Waals surface area contributed by atoms with Crippen molar-refractivity contribution in [2.24, 2.45) is 0 Å². The van der Waals surface area contributed by atoms with Crippen LogP contribution < -0.4 is 0 Å². The fourth-order valence-corrected chi connectivity index (χ4v) is 8.47. The van der Waals surface area contributed by atoms with Crippen molar-refractivity contribution in [1.82, 2.24) is 9.55 Å². The normalized spacial score (nSPS) is 11.8. The first-order valence-corrected chi connectivity index (χ1v) is 17.9. The molecule has 53 heavy (non-hydrogen) atoms. The van der Waals surface area contributed by atoms with Crippen molar-refractivity contribution in [2.45, 2.75) is 0 Å². The topological polar surface area (TPSA) is 41.6 Å². The molecular weight excluding hydrogens is 643 g/mol. The van der Waals surface area contributed by atoms with E-state index in [9.17, 15) is 5.26 Å². The highest BCUT2D eigenvalue weighted by molar-refractivity contribution is 6.24. The van der Waals surface area contributed by atoms with Crippen LogP contribution in [0.25, 0.3) is 104 Å². The zero-order chi connectivity index (χ0) is 35.0. The fraction of sp³-hybridized carbons (Fsp3) is 0. The summed E-state index contributed by atoms with van der Waals surface area (Å²) in [6.45, 7) is 0. The van der Waals surface area contributed by atoms with E-state index in [-0.39, 0.29) is 0 Å². The molecule has 11 aromatic rings. The van der Waals surface area contributed by atoms with E-state index in [4.69, 9.17) is 0 Å². The summed E-state index contributed by atoms with van der Waals surface area (Å²) in [5.74, 6) is 0. The van der Waals surface area contributed by atoms with Crippen LogP contribution in [0.2, 0.25) is 0 Å². The molecule has 3 nitrogen and oxygen atoms in total. The van der Waals surface area contributed by atoms with Crippen LogP contribution in [0.15, 0.2) is 176 Å². The number of hydrogen-bond donors (Lipinski definition) is 0. The highest BCUT2D eigenvalue weighted by Crippen LogP contribution is 2.41. The molecule has 0 atom stereocenters. The average Bonchev–Trinajstić information content (AvgIpc) is 3.55. The summed E-state index contributed by atoms with van der Waals surface area (Å²) in [4.78, 5) is 4.67. The van der Waals surface area contributed by atoms with Crippen LogP contribution >= 0.6 is 0 Å². The average molecular weight is 672 g/mol. The van der Waals surface area contributed by atoms with Crippen molar-refractivity contribution in [3.8, 4) is 45.1 Å². The van der Waals surface area contributed by atoms with Crippen LogP contribution in [0.1, 0.15) is 5.56 Å². The molecule has 3 heteroatoms. The van der Waals surface area contributed by atoms with E-state index in [1.54, 1.807) is 0 Å². The number of hydrogen-bond acceptors (Lipinski definition) is 2. The lowest BCUT2D eigenvalue weighted by molar-refractivity contribution is 1.18. The lowest BCUT2D eigenvalue weighted by Crippen LogP contribution is -1.94. The largest absolute Gasteiger partial charge is 0.309 e. The van der Waals surface area contributed by atoms with Crippen molar-refractivity contribution in [1.29, 1.82) is 5.26 Å². The predicted octanol–water partition coefficient (Wildman–Crippen LogP) is 13.1. The van der Waals surface area contributed by atoms with E-state index < -0.39 is 0 Å². The van der Waals surface area contributed by atoms with E-state index >= 15 is 0 Å². The van der Waals surface area contributed by atoms with Crippen molar-refractivity contribution in [3.05, 3.63) is 182 Å². The van der Waals surface area contributed by atoms with Crippen molar-refractivity contribution < 1.29 is 0 Å². The number of rotatable bonds is 4. The first-order chi connectivity index (χ1) is 26.2. The number of fused-ring (bicyclic) bond motifs is 4. The molecule has 0 saturated heterocycles. The quantitative estimate of drug-likeness (QED) is 0.175. The van der Waals surface area contributed by atoms with Gasteiger partial charge in [-0.3, -0.25) is 4.98 Å². The third kappa shape index (κ3) is 4.56. The van der Waals surface area contributed by atoms with E-state index in [0.29, 0.717) is 5.56 Å². The first kappa shape index (κ1) is 29.5. The minimum atomic E-state index is 0.657. The van der Waals surface area contributed by atoms with Gasteiger partial charge in [-0.15, -0.1) is 0 Å². The van der Waals surface area contributed by atoms with Gasteiger partial charge in [-0.05, 0) is 121 Å². The van der Waals surface area contributed by atoms with Crippen LogP contribution in [0.4, 0.5) is 0 Å². The zero-order valence-corrected chi connectivity index (χ0v) is 28.6. The molecule has 0 N–H and O–H groups in total. The summed E-state index contributed by atoms with van der Waals surface area (Å²) in [6, 6.07) is 63.3. The molecule has 0 radical (unpaired) electrons. The summed E-state index contributed by atoms with van der Waals surface area (Å²) in [6.07, 6.45) is 1.86. The molecule has 0 aliphatic carbocycles. The maximum absolute atomic E-state index is 9.70. The lowest BCUT2D eigenvalue weighted by Gasteiger charge is -2.15. The summed E-state index contributed by atoms with van der Waals surface area (Å²) in [5, 5.41) is 20.7. The Hall–Kier alpha value is -7.28. The van der Waals surface area contributed by atoms with Gasteiger partial charge in [0.1, 0.15) is 0 Å². The van der Waals surface area contributed by atoms with E-state index in [1.807, 2.05) is 30.5 Å². The van der Waals surface area contributed by atoms with Gasteiger partial charge >= 0.3 is 0 Å². The van der Waals surface area contributed by atoms with Gasteiger partial charge in [0.25, 0.3) is 0 Å². The summed E-state index contributed by atoms with van der Waals surface area (Å²) in [5.41, 5.74) is 12.0. The minimum absolute atomic E-state index is 0.657. The van der Waals surface area contributed by atoms with Crippen molar-refractivity contribution in [2.75, 3.05) is 0 Å². The Morgan fingerprint density at radius 1 is 0.434 bits per heavy atom. The van der Waals surface area contributed by atoms with E-state index in [2.05, 4.69) is 161 Å². The highest BCUT2D eigenvalue weighted by atomic mass is 15.0. The second kappa shape index (κ2) is 11.4. The third-order valence-corrected chi connectivity index (χ3v) is 10.9. The molecule has 2 aromatic heterocycles. The van der Waals surface area contributed by atoms with Gasteiger partial charge in [-0.25, -0.2) is 0 Å². The first-order valence-electron chi connectivity index (χ1n) is 17.9. The molecule has 0 fully saturated rings. The third-order valence-electron chi connectivity index (χ3n) is 10.9. The second-order valence-corrected chi connectivity index (χ2v) is 13.9. The molecule has 0 bridgehead atoms. The van der Waals surface area contributed by atoms with Crippen LogP contribution in [0, 0.1) is 11.3 Å². The summed E-state index contributed by atoms with van der Waals surface area (Å²) >= 11 is 0. The Morgan fingerprint density at radius 3 is 1.70 bits per heavy atom. The maximum Gasteiger partial charge on any atom is 0.0992 e. The molecule has 0 spiro atoms. The maximum atomic E-state index is 9.70. The van der Waals surface area contributed by atoms with Gasteiger partial charge in [-0.1, -0.05) is 109 Å². The lowest BCUT2D eigenvalue weighted by atomic mass is 9.89. The molecule has 244 valence electrons. The Labute approximate surface area is 305 Å². The number of benzene rings is 9. The second-order valence-electron chi connectivity index (χ2n) is 13.9. The van der Waals surface area contributed by atoms with Crippen LogP contribution in [-0.4, -0.2) is 9.55 Å². The van der Waals surface area contributed by atoms with Crippen LogP contribution in [0.3, 0.4) is 0 Å². The minimum Gasteiger partial charge on any atom is -0.309 e. The predicted molar refractivity (Wildman–Crippen MR) is 221 cm³/mol. The molecule has 11 rings (SSSR count). The number of nitriles is 1. The number of aromatic nitrogens is 2. The molecular formula is C50H29N3. The van der Waals surface area contributed by atoms with Crippen molar-refractivity contribution in [3.63, 3.8) is 0 Å². The Bertz CT molecular complexity index is 3200. The number of para-hydroxylation sites is 2. The molecule has 2 heterocycles. The van der Waals surface area contributed by atoms with Crippen molar-refractivity contribution >= 4 is 65.0 Å². The standard InChI is InChI=1S/C50H29N3/c51-30-31-11-21-44-45-22-20-35(29-47(45)53(46(44)24-31)42-8-2-1-3-9-42)41-27-38-18-16-36-25-40(26-37-17-19-39(28-41)49(38)48(36)37)32-12-14-33(15-13-32)43-10-4-6-34-7-5-23-52-50(34)43/h1-29H. The monoisotopic (exact) mass is 671 g/mol. The molecule has 0 amide bonds. The highest BCUT2D eigenvalue weighted by Gasteiger charge is 2.16. The zero-order valence-electron chi connectivity index (χ0n) is 28.6. The molecule has 9 aromatic carbocycles. The Kier molecular flexibility index (Phi) is 6.32. The molecule has 0 unspecified atom stereocenters. The smallest absolute Gasteiger partial charge is 0.0992 e. The molecule has 0 aliphatic heterocycles.